The zero-order valence-electron chi connectivity index (χ0n) is 12.5. The second-order valence-corrected chi connectivity index (χ2v) is 6.33. The Kier molecular flexibility index (Phi) is 6.04. The number of carbonyl (C=O) groups is 1. The Balaban J connectivity index is 2.43. The van der Waals surface area contributed by atoms with Gasteiger partial charge in [0, 0.05) is 19.6 Å². The molecular weight excluding hydrogens is 247 g/mol. The van der Waals surface area contributed by atoms with Crippen molar-refractivity contribution in [2.75, 3.05) is 26.7 Å². The minimum atomic E-state index is -0.839. The summed E-state index contributed by atoms with van der Waals surface area (Å²) in [4.78, 5) is 13.7. The van der Waals surface area contributed by atoms with Crippen LogP contribution in [0.3, 0.4) is 0 Å². The molecule has 0 aliphatic carbocycles. The third-order valence-corrected chi connectivity index (χ3v) is 3.19. The predicted molar refractivity (Wildman–Crippen MR) is 74.0 cm³/mol. The number of nitrogens with zero attached hydrogens (tertiary/aromatic N) is 1. The highest BCUT2D eigenvalue weighted by atomic mass is 19.1. The first kappa shape index (κ1) is 16.2. The summed E-state index contributed by atoms with van der Waals surface area (Å²) in [5.74, 6) is 0.240. The fraction of sp³-hybridized carbons (Fsp3) is 0.929. The van der Waals surface area contributed by atoms with Gasteiger partial charge in [0.2, 0.25) is 0 Å². The van der Waals surface area contributed by atoms with Crippen molar-refractivity contribution >= 4 is 6.09 Å². The van der Waals surface area contributed by atoms with E-state index in [0.29, 0.717) is 26.1 Å². The van der Waals surface area contributed by atoms with Crippen molar-refractivity contribution in [3.8, 4) is 0 Å². The van der Waals surface area contributed by atoms with Gasteiger partial charge in [-0.2, -0.15) is 0 Å². The summed E-state index contributed by atoms with van der Waals surface area (Å²) in [6.45, 7) is 7.28. The molecule has 5 heteroatoms. The Hall–Kier alpha value is -0.840. The fourth-order valence-corrected chi connectivity index (χ4v) is 2.42. The lowest BCUT2D eigenvalue weighted by Crippen LogP contribution is -2.43. The minimum absolute atomic E-state index is 0.240. The molecule has 0 aromatic heterocycles. The number of carbonyl (C=O) groups excluding carboxylic acids is 1. The zero-order chi connectivity index (χ0) is 14.5. The molecule has 2 unspecified atom stereocenters. The molecule has 1 aliphatic rings. The molecule has 1 rings (SSSR count). The topological polar surface area (TPSA) is 41.6 Å². The number of likely N-dealkylation sites (tertiary alicyclic amines) is 1. The first-order valence-electron chi connectivity index (χ1n) is 7.08. The van der Waals surface area contributed by atoms with E-state index in [-0.39, 0.29) is 12.0 Å². The third-order valence-electron chi connectivity index (χ3n) is 3.19. The van der Waals surface area contributed by atoms with E-state index in [1.165, 1.54) is 0 Å². The van der Waals surface area contributed by atoms with Gasteiger partial charge >= 0.3 is 6.09 Å². The molecule has 0 saturated carbocycles. The lowest BCUT2D eigenvalue weighted by molar-refractivity contribution is 0.0148. The van der Waals surface area contributed by atoms with Gasteiger partial charge in [-0.05, 0) is 53.0 Å². The highest BCUT2D eigenvalue weighted by molar-refractivity contribution is 5.68. The molecule has 19 heavy (non-hydrogen) atoms. The summed E-state index contributed by atoms with van der Waals surface area (Å²) >= 11 is 0. The van der Waals surface area contributed by atoms with E-state index in [1.807, 2.05) is 20.8 Å². The Morgan fingerprint density at radius 1 is 1.53 bits per heavy atom. The summed E-state index contributed by atoms with van der Waals surface area (Å²) in [7, 11) is 1.75. The van der Waals surface area contributed by atoms with Crippen molar-refractivity contribution in [2.45, 2.75) is 51.8 Å². The molecule has 1 N–H and O–H groups in total. The third kappa shape index (κ3) is 6.23. The molecule has 1 saturated heterocycles. The van der Waals surface area contributed by atoms with Crippen LogP contribution in [0.2, 0.25) is 0 Å². The van der Waals surface area contributed by atoms with E-state index >= 15 is 0 Å². The van der Waals surface area contributed by atoms with Gasteiger partial charge in [-0.15, -0.1) is 0 Å². The number of halogens is 1. The molecule has 0 radical (unpaired) electrons. The number of nitrogens with one attached hydrogen (secondary N) is 1. The van der Waals surface area contributed by atoms with Crippen LogP contribution in [0.25, 0.3) is 0 Å². The predicted octanol–water partition coefficient (Wildman–Crippen LogP) is 2.58. The number of rotatable bonds is 4. The second kappa shape index (κ2) is 7.08. The van der Waals surface area contributed by atoms with Crippen LogP contribution in [0.5, 0.6) is 0 Å². The summed E-state index contributed by atoms with van der Waals surface area (Å²) in [6, 6.07) is 0. The molecular formula is C14H27FN2O2. The van der Waals surface area contributed by atoms with Crippen molar-refractivity contribution in [1.29, 1.82) is 0 Å². The van der Waals surface area contributed by atoms with Crippen molar-refractivity contribution in [2.24, 2.45) is 5.92 Å². The second-order valence-electron chi connectivity index (χ2n) is 6.33. The molecule has 0 bridgehead atoms. The van der Waals surface area contributed by atoms with Crippen molar-refractivity contribution in [3.05, 3.63) is 0 Å². The molecule has 1 fully saturated rings. The molecule has 1 heterocycles. The van der Waals surface area contributed by atoms with Gasteiger partial charge in [0.15, 0.2) is 0 Å². The average Bonchev–Trinajstić information content (AvgIpc) is 2.27. The number of ether oxygens (including phenoxy) is 1. The number of hydrogen-bond acceptors (Lipinski definition) is 3. The Bertz CT molecular complexity index is 292. The van der Waals surface area contributed by atoms with Gasteiger partial charge in [-0.1, -0.05) is 0 Å². The SMILES string of the molecule is CNCC(F)CC1CCCN(C(=O)OC(C)(C)C)C1. The lowest BCUT2D eigenvalue weighted by atomic mass is 9.93. The van der Waals surface area contributed by atoms with Gasteiger partial charge in [-0.25, -0.2) is 9.18 Å². The minimum Gasteiger partial charge on any atom is -0.444 e. The van der Waals surface area contributed by atoms with Crippen LogP contribution in [0.4, 0.5) is 9.18 Å². The lowest BCUT2D eigenvalue weighted by Gasteiger charge is -2.34. The van der Waals surface area contributed by atoms with Crippen LogP contribution in [0.1, 0.15) is 40.0 Å². The van der Waals surface area contributed by atoms with Gasteiger partial charge in [0.1, 0.15) is 11.8 Å². The molecule has 2 atom stereocenters. The van der Waals surface area contributed by atoms with E-state index in [0.717, 1.165) is 12.8 Å². The van der Waals surface area contributed by atoms with Crippen LogP contribution in [-0.4, -0.2) is 49.4 Å². The zero-order valence-corrected chi connectivity index (χ0v) is 12.5. The van der Waals surface area contributed by atoms with E-state index in [2.05, 4.69) is 5.32 Å². The van der Waals surface area contributed by atoms with Gasteiger partial charge in [-0.3, -0.25) is 0 Å². The highest BCUT2D eigenvalue weighted by Crippen LogP contribution is 2.23. The van der Waals surface area contributed by atoms with E-state index < -0.39 is 11.8 Å². The molecule has 1 amide bonds. The molecule has 112 valence electrons. The maximum absolute atomic E-state index is 13.6. The smallest absolute Gasteiger partial charge is 0.410 e. The summed E-state index contributed by atoms with van der Waals surface area (Å²) in [5.41, 5.74) is -0.473. The van der Waals surface area contributed by atoms with Crippen molar-refractivity contribution < 1.29 is 13.9 Å². The maximum Gasteiger partial charge on any atom is 0.410 e. The number of hydrogen-bond donors (Lipinski definition) is 1. The van der Waals surface area contributed by atoms with Crippen LogP contribution in [-0.2, 0) is 4.74 Å². The van der Waals surface area contributed by atoms with Crippen molar-refractivity contribution in [1.82, 2.24) is 10.2 Å². The van der Waals surface area contributed by atoms with Crippen molar-refractivity contribution in [3.63, 3.8) is 0 Å². The maximum atomic E-state index is 13.6. The summed E-state index contributed by atoms with van der Waals surface area (Å²) < 4.78 is 18.9. The standard InChI is InChI=1S/C14H27FN2O2/c1-14(2,3)19-13(18)17-7-5-6-11(10-17)8-12(15)9-16-4/h11-12,16H,5-10H2,1-4H3. The Morgan fingerprint density at radius 2 is 2.21 bits per heavy atom. The number of piperidine rings is 1. The normalized spacial score (nSPS) is 22.2. The van der Waals surface area contributed by atoms with Crippen LogP contribution < -0.4 is 5.32 Å². The monoisotopic (exact) mass is 274 g/mol. The Labute approximate surface area is 115 Å². The number of amides is 1. The van der Waals surface area contributed by atoms with E-state index in [9.17, 15) is 9.18 Å². The molecule has 0 aromatic carbocycles. The summed E-state index contributed by atoms with van der Waals surface area (Å²) in [6.07, 6.45) is 1.31. The van der Waals surface area contributed by atoms with E-state index in [4.69, 9.17) is 4.74 Å². The highest BCUT2D eigenvalue weighted by Gasteiger charge is 2.28. The number of alkyl halides is 1. The van der Waals surface area contributed by atoms with Crippen LogP contribution in [0, 0.1) is 5.92 Å². The molecule has 0 spiro atoms. The van der Waals surface area contributed by atoms with Gasteiger partial charge < -0.3 is 15.0 Å². The first-order valence-corrected chi connectivity index (χ1v) is 7.08. The van der Waals surface area contributed by atoms with Crippen LogP contribution in [0.15, 0.2) is 0 Å². The molecule has 4 nitrogen and oxygen atoms in total. The first-order chi connectivity index (χ1) is 8.81. The van der Waals surface area contributed by atoms with E-state index in [1.54, 1.807) is 11.9 Å². The quantitative estimate of drug-likeness (QED) is 0.856. The van der Waals surface area contributed by atoms with Gasteiger partial charge in [0.05, 0.1) is 0 Å². The molecule has 1 aliphatic heterocycles. The largest absolute Gasteiger partial charge is 0.444 e. The van der Waals surface area contributed by atoms with Crippen LogP contribution >= 0.6 is 0 Å². The average molecular weight is 274 g/mol. The Morgan fingerprint density at radius 3 is 2.79 bits per heavy atom. The fourth-order valence-electron chi connectivity index (χ4n) is 2.42. The van der Waals surface area contributed by atoms with Gasteiger partial charge in [0.25, 0.3) is 0 Å². The molecule has 0 aromatic rings. The summed E-state index contributed by atoms with van der Waals surface area (Å²) in [5, 5.41) is 2.84.